The van der Waals surface area contributed by atoms with Crippen molar-refractivity contribution in [1.82, 2.24) is 9.80 Å². The van der Waals surface area contributed by atoms with Gasteiger partial charge >= 0.3 is 18.4 Å². The molecule has 0 saturated carbocycles. The van der Waals surface area contributed by atoms with Gasteiger partial charge in [0.15, 0.2) is 0 Å². The summed E-state index contributed by atoms with van der Waals surface area (Å²) in [6.45, 7) is 0.438. The molecule has 0 bridgehead atoms. The number of ketones is 1. The Labute approximate surface area is 208 Å². The number of carbonyl (C=O) groups excluding carboxylic acids is 2. The van der Waals surface area contributed by atoms with E-state index in [-0.39, 0.29) is 50.8 Å². The molecule has 1 fully saturated rings. The van der Waals surface area contributed by atoms with Crippen LogP contribution in [0, 0.1) is 12.7 Å². The first-order valence-corrected chi connectivity index (χ1v) is 11.4. The van der Waals surface area contributed by atoms with Crippen molar-refractivity contribution in [2.45, 2.75) is 51.1 Å². The minimum atomic E-state index is -5.05. The highest BCUT2D eigenvalue weighted by atomic mass is 19.4. The first-order valence-electron chi connectivity index (χ1n) is 11.4. The molecule has 1 heterocycles. The van der Waals surface area contributed by atoms with Crippen LogP contribution in [0.15, 0.2) is 36.4 Å². The smallest absolute Gasteiger partial charge is 0.396 e. The van der Waals surface area contributed by atoms with Gasteiger partial charge in [-0.1, -0.05) is 6.07 Å². The van der Waals surface area contributed by atoms with E-state index in [9.17, 15) is 45.4 Å². The van der Waals surface area contributed by atoms with Gasteiger partial charge < -0.3 is 14.9 Å². The molecule has 2 aromatic rings. The zero-order chi connectivity index (χ0) is 27.5. The van der Waals surface area contributed by atoms with E-state index in [1.807, 2.05) is 0 Å². The van der Waals surface area contributed by atoms with Crippen LogP contribution in [-0.2, 0) is 23.7 Å². The minimum absolute atomic E-state index is 0.00692. The number of nitrogens with zero attached hydrogens (tertiary/aromatic N) is 2. The number of rotatable bonds is 6. The zero-order valence-corrected chi connectivity index (χ0v) is 19.8. The number of hydrogen-bond donors (Lipinski definition) is 1. The Morgan fingerprint density at radius 2 is 1.68 bits per heavy atom. The Bertz CT molecular complexity index is 1120. The van der Waals surface area contributed by atoms with Gasteiger partial charge in [0.25, 0.3) is 0 Å². The van der Waals surface area contributed by atoms with Crippen LogP contribution in [0.4, 0.5) is 35.5 Å². The van der Waals surface area contributed by atoms with Gasteiger partial charge in [-0.3, -0.25) is 4.79 Å². The molecule has 0 spiro atoms. The molecular formula is C25H25F7N2O3. The summed E-state index contributed by atoms with van der Waals surface area (Å²) in [6, 6.07) is 3.45. The van der Waals surface area contributed by atoms with Gasteiger partial charge in [-0.05, 0) is 60.4 Å². The summed E-state index contributed by atoms with van der Waals surface area (Å²) in [5.41, 5.74) is -2.42. The molecule has 2 aromatic carbocycles. The van der Waals surface area contributed by atoms with Crippen molar-refractivity contribution >= 4 is 11.8 Å². The second kappa shape index (κ2) is 11.1. The van der Waals surface area contributed by atoms with Gasteiger partial charge in [0.1, 0.15) is 11.6 Å². The van der Waals surface area contributed by atoms with Crippen molar-refractivity contribution in [3.8, 4) is 0 Å². The topological polar surface area (TPSA) is 60.9 Å². The molecule has 3 rings (SSSR count). The molecule has 0 radical (unpaired) electrons. The number of benzene rings is 2. The third kappa shape index (κ3) is 7.00. The van der Waals surface area contributed by atoms with E-state index in [0.717, 1.165) is 4.90 Å². The number of urea groups is 1. The predicted octanol–water partition coefficient (Wildman–Crippen LogP) is 5.88. The fourth-order valence-corrected chi connectivity index (χ4v) is 4.37. The largest absolute Gasteiger partial charge is 0.416 e. The van der Waals surface area contributed by atoms with E-state index in [4.69, 9.17) is 0 Å². The Balaban J connectivity index is 1.99. The SMILES string of the molecule is Cc1cc(F)ccc1[C@H]1CC(=O)CCN1C(=O)N(CCCO)Cc1cc(C(F)(F)F)cc(C(F)(F)F)c1. The summed E-state index contributed by atoms with van der Waals surface area (Å²) >= 11 is 0. The van der Waals surface area contributed by atoms with E-state index in [0.29, 0.717) is 23.3 Å². The molecular weight excluding hydrogens is 509 g/mol. The molecule has 1 saturated heterocycles. The highest BCUT2D eigenvalue weighted by Gasteiger charge is 2.38. The Morgan fingerprint density at radius 3 is 2.22 bits per heavy atom. The normalized spacial score (nSPS) is 16.7. The molecule has 1 atom stereocenters. The molecule has 37 heavy (non-hydrogen) atoms. The summed E-state index contributed by atoms with van der Waals surface area (Å²) in [6.07, 6.45) is -10.1. The van der Waals surface area contributed by atoms with E-state index in [1.54, 1.807) is 6.92 Å². The number of carbonyl (C=O) groups is 2. The number of likely N-dealkylation sites (tertiary alicyclic amines) is 1. The molecule has 0 aromatic heterocycles. The summed E-state index contributed by atoms with van der Waals surface area (Å²) in [5.74, 6) is -0.664. The first kappa shape index (κ1) is 28.4. The standard InChI is InChI=1S/C25H25F7N2O3/c1-15-9-19(26)3-4-21(15)22-13-20(36)5-7-34(22)23(37)33(6-2-8-35)14-16-10-17(24(27,28)29)12-18(11-16)25(30,31)32/h3-4,9-12,22,35H,2,5-8,13-14H2,1H3/t22-/m1/s1. The molecule has 1 N–H and O–H groups in total. The van der Waals surface area contributed by atoms with E-state index in [2.05, 4.69) is 0 Å². The number of aliphatic hydroxyl groups is 1. The maximum atomic E-state index is 13.7. The number of piperidine rings is 1. The lowest BCUT2D eigenvalue weighted by molar-refractivity contribution is -0.143. The molecule has 202 valence electrons. The fraction of sp³-hybridized carbons (Fsp3) is 0.440. The van der Waals surface area contributed by atoms with Gasteiger partial charge in [0, 0.05) is 39.1 Å². The number of hydrogen-bond acceptors (Lipinski definition) is 3. The number of alkyl halides is 6. The van der Waals surface area contributed by atoms with Crippen LogP contribution < -0.4 is 0 Å². The fourth-order valence-electron chi connectivity index (χ4n) is 4.37. The van der Waals surface area contributed by atoms with E-state index >= 15 is 0 Å². The number of aryl methyl sites for hydroxylation is 1. The predicted molar refractivity (Wildman–Crippen MR) is 119 cm³/mol. The number of halogens is 7. The van der Waals surface area contributed by atoms with E-state index in [1.165, 1.54) is 23.1 Å². The number of aliphatic hydroxyl groups excluding tert-OH is 1. The molecule has 12 heteroatoms. The lowest BCUT2D eigenvalue weighted by Gasteiger charge is -2.39. The van der Waals surface area contributed by atoms with Crippen LogP contribution >= 0.6 is 0 Å². The molecule has 2 amide bonds. The molecule has 0 unspecified atom stereocenters. The summed E-state index contributed by atoms with van der Waals surface area (Å²) in [7, 11) is 0. The van der Waals surface area contributed by atoms with Gasteiger partial charge in [0.05, 0.1) is 17.2 Å². The summed E-state index contributed by atoms with van der Waals surface area (Å²) in [4.78, 5) is 28.2. The Kier molecular flexibility index (Phi) is 8.51. The number of amides is 2. The second-order valence-corrected chi connectivity index (χ2v) is 8.90. The first-order chi connectivity index (χ1) is 17.2. The van der Waals surface area contributed by atoms with Gasteiger partial charge in [0.2, 0.25) is 0 Å². The van der Waals surface area contributed by atoms with Crippen molar-refractivity contribution in [2.75, 3.05) is 19.7 Å². The van der Waals surface area contributed by atoms with Crippen LogP contribution in [0.5, 0.6) is 0 Å². The minimum Gasteiger partial charge on any atom is -0.396 e. The Morgan fingerprint density at radius 1 is 1.05 bits per heavy atom. The van der Waals surface area contributed by atoms with Gasteiger partial charge in [-0.15, -0.1) is 0 Å². The zero-order valence-electron chi connectivity index (χ0n) is 19.8. The highest BCUT2D eigenvalue weighted by molar-refractivity contribution is 5.84. The van der Waals surface area contributed by atoms with Crippen molar-refractivity contribution in [2.24, 2.45) is 0 Å². The van der Waals surface area contributed by atoms with Crippen molar-refractivity contribution in [1.29, 1.82) is 0 Å². The van der Waals surface area contributed by atoms with Crippen molar-refractivity contribution in [3.63, 3.8) is 0 Å². The maximum absolute atomic E-state index is 13.7. The molecule has 0 aliphatic carbocycles. The van der Waals surface area contributed by atoms with Crippen molar-refractivity contribution < 1.29 is 45.4 Å². The Hall–Kier alpha value is -3.15. The van der Waals surface area contributed by atoms with Crippen LogP contribution in [0.1, 0.15) is 53.1 Å². The quantitative estimate of drug-likeness (QED) is 0.471. The van der Waals surface area contributed by atoms with Crippen LogP contribution in [0.3, 0.4) is 0 Å². The monoisotopic (exact) mass is 534 g/mol. The average Bonchev–Trinajstić information content (AvgIpc) is 2.80. The van der Waals surface area contributed by atoms with Gasteiger partial charge in [-0.25, -0.2) is 9.18 Å². The lowest BCUT2D eigenvalue weighted by Crippen LogP contribution is -2.48. The number of Topliss-reactive ketones (excluding diaryl/α,β-unsaturated/α-hetero) is 1. The lowest BCUT2D eigenvalue weighted by atomic mass is 9.91. The second-order valence-electron chi connectivity index (χ2n) is 8.90. The molecule has 5 nitrogen and oxygen atoms in total. The van der Waals surface area contributed by atoms with Crippen LogP contribution in [0.2, 0.25) is 0 Å². The van der Waals surface area contributed by atoms with Gasteiger partial charge in [-0.2, -0.15) is 26.3 Å². The summed E-state index contributed by atoms with van der Waals surface area (Å²) < 4.78 is 93.6. The van der Waals surface area contributed by atoms with Crippen LogP contribution in [-0.4, -0.2) is 46.4 Å². The van der Waals surface area contributed by atoms with E-state index < -0.39 is 53.5 Å². The molecule has 1 aliphatic rings. The van der Waals surface area contributed by atoms with Crippen molar-refractivity contribution in [3.05, 3.63) is 70.0 Å². The summed E-state index contributed by atoms with van der Waals surface area (Å²) in [5, 5.41) is 9.27. The maximum Gasteiger partial charge on any atom is 0.416 e. The third-order valence-electron chi connectivity index (χ3n) is 6.14. The third-order valence-corrected chi connectivity index (χ3v) is 6.14. The molecule has 1 aliphatic heterocycles. The highest BCUT2D eigenvalue weighted by Crippen LogP contribution is 2.37. The average molecular weight is 534 g/mol. The van der Waals surface area contributed by atoms with Crippen LogP contribution in [0.25, 0.3) is 0 Å².